The summed E-state index contributed by atoms with van der Waals surface area (Å²) in [5.41, 5.74) is 3.06. The molecule has 3 rings (SSSR count). The molecule has 1 heterocycles. The van der Waals surface area contributed by atoms with Crippen molar-refractivity contribution < 1.29 is 8.78 Å². The van der Waals surface area contributed by atoms with Gasteiger partial charge in [0.15, 0.2) is 5.96 Å². The van der Waals surface area contributed by atoms with Crippen molar-refractivity contribution >= 4 is 40.8 Å². The number of rotatable bonds is 6. The molecule has 0 amide bonds. The van der Waals surface area contributed by atoms with Crippen LogP contribution in [0, 0.1) is 11.6 Å². The minimum atomic E-state index is -0.232. The molecule has 0 spiro atoms. The molecule has 3 aromatic rings. The summed E-state index contributed by atoms with van der Waals surface area (Å²) in [6.45, 7) is 1.38. The molecule has 0 fully saturated rings. The number of nitrogens with one attached hydrogen (secondary N) is 3. The number of H-pyrrole nitrogens is 1. The van der Waals surface area contributed by atoms with Gasteiger partial charge in [-0.1, -0.05) is 12.1 Å². The lowest BCUT2D eigenvalue weighted by Crippen LogP contribution is -2.39. The molecule has 1 aromatic heterocycles. The number of guanidine groups is 1. The summed E-state index contributed by atoms with van der Waals surface area (Å²) in [4.78, 5) is 7.35. The molecule has 0 radical (unpaired) electrons. The average molecular weight is 484 g/mol. The summed E-state index contributed by atoms with van der Waals surface area (Å²) >= 11 is 0. The van der Waals surface area contributed by atoms with Gasteiger partial charge in [-0.05, 0) is 54.3 Å². The monoisotopic (exact) mass is 484 g/mol. The number of hydrogen-bond acceptors (Lipinski definition) is 1. The van der Waals surface area contributed by atoms with E-state index in [1.165, 1.54) is 18.2 Å². The van der Waals surface area contributed by atoms with Gasteiger partial charge in [0, 0.05) is 37.2 Å². The molecule has 0 atom stereocenters. The number of aliphatic imine (C=N–C) groups is 1. The van der Waals surface area contributed by atoms with Crippen molar-refractivity contribution in [1.82, 2.24) is 15.6 Å². The number of halogens is 3. The molecule has 0 aliphatic rings. The fourth-order valence-corrected chi connectivity index (χ4v) is 2.87. The number of nitrogens with zero attached hydrogens (tertiary/aromatic N) is 1. The minimum absolute atomic E-state index is 0. The number of aromatic nitrogens is 1. The van der Waals surface area contributed by atoms with Gasteiger partial charge in [-0.3, -0.25) is 4.99 Å². The third kappa shape index (κ3) is 5.92. The Hall–Kier alpha value is -2.16. The van der Waals surface area contributed by atoms with E-state index in [2.05, 4.69) is 20.6 Å². The van der Waals surface area contributed by atoms with E-state index in [-0.39, 0.29) is 35.6 Å². The molecule has 3 N–H and O–H groups in total. The Bertz CT molecular complexity index is 891. The highest BCUT2D eigenvalue weighted by Crippen LogP contribution is 2.19. The Morgan fingerprint density at radius 2 is 1.63 bits per heavy atom. The SMILES string of the molecule is CN=C(NCCc1ccc(F)cc1)NCCc1c[nH]c2ccc(F)cc12.I. The molecule has 0 unspecified atom stereocenters. The van der Waals surface area contributed by atoms with Gasteiger partial charge in [0.25, 0.3) is 0 Å². The van der Waals surface area contributed by atoms with Gasteiger partial charge < -0.3 is 15.6 Å². The van der Waals surface area contributed by atoms with Crippen LogP contribution in [-0.2, 0) is 12.8 Å². The highest BCUT2D eigenvalue weighted by atomic mass is 127. The van der Waals surface area contributed by atoms with Crippen LogP contribution in [-0.4, -0.2) is 31.1 Å². The Labute approximate surface area is 174 Å². The summed E-state index contributed by atoms with van der Waals surface area (Å²) in [6.07, 6.45) is 3.45. The Kier molecular flexibility index (Phi) is 8.02. The first-order valence-corrected chi connectivity index (χ1v) is 8.60. The molecule has 27 heavy (non-hydrogen) atoms. The third-order valence-electron chi connectivity index (χ3n) is 4.26. The fraction of sp³-hybridized carbons (Fsp3) is 0.250. The van der Waals surface area contributed by atoms with Crippen LogP contribution in [0.2, 0.25) is 0 Å². The third-order valence-corrected chi connectivity index (χ3v) is 4.26. The molecule has 4 nitrogen and oxygen atoms in total. The van der Waals surface area contributed by atoms with Crippen LogP contribution in [0.25, 0.3) is 10.9 Å². The van der Waals surface area contributed by atoms with Crippen molar-refractivity contribution in [3.63, 3.8) is 0 Å². The maximum atomic E-state index is 13.4. The van der Waals surface area contributed by atoms with Crippen LogP contribution < -0.4 is 10.6 Å². The highest BCUT2D eigenvalue weighted by Gasteiger charge is 2.05. The minimum Gasteiger partial charge on any atom is -0.361 e. The maximum absolute atomic E-state index is 13.4. The molecule has 0 aliphatic carbocycles. The van der Waals surface area contributed by atoms with E-state index in [0.717, 1.165) is 34.9 Å². The molecular formula is C20H23F2IN4. The van der Waals surface area contributed by atoms with E-state index in [4.69, 9.17) is 0 Å². The summed E-state index contributed by atoms with van der Waals surface area (Å²) < 4.78 is 26.3. The number of fused-ring (bicyclic) bond motifs is 1. The first-order chi connectivity index (χ1) is 12.7. The van der Waals surface area contributed by atoms with Crippen molar-refractivity contribution in [2.24, 2.45) is 4.99 Å². The second-order valence-corrected chi connectivity index (χ2v) is 6.06. The number of hydrogen-bond donors (Lipinski definition) is 3. The predicted octanol–water partition coefficient (Wildman–Crippen LogP) is 4.01. The van der Waals surface area contributed by atoms with Crippen LogP contribution in [0.15, 0.2) is 53.7 Å². The second-order valence-electron chi connectivity index (χ2n) is 6.06. The maximum Gasteiger partial charge on any atom is 0.190 e. The van der Waals surface area contributed by atoms with Gasteiger partial charge in [0.2, 0.25) is 0 Å². The van der Waals surface area contributed by atoms with Crippen molar-refractivity contribution in [3.05, 3.63) is 71.4 Å². The molecule has 0 saturated heterocycles. The van der Waals surface area contributed by atoms with Crippen molar-refractivity contribution in [1.29, 1.82) is 0 Å². The fourth-order valence-electron chi connectivity index (χ4n) is 2.87. The summed E-state index contributed by atoms with van der Waals surface area (Å²) in [5, 5.41) is 7.40. The Morgan fingerprint density at radius 3 is 2.33 bits per heavy atom. The van der Waals surface area contributed by atoms with E-state index in [1.54, 1.807) is 31.3 Å². The quantitative estimate of drug-likeness (QED) is 0.282. The van der Waals surface area contributed by atoms with Crippen molar-refractivity contribution in [2.45, 2.75) is 12.8 Å². The lowest BCUT2D eigenvalue weighted by molar-refractivity contribution is 0.626. The first-order valence-electron chi connectivity index (χ1n) is 8.60. The smallest absolute Gasteiger partial charge is 0.190 e. The lowest BCUT2D eigenvalue weighted by Gasteiger charge is -2.11. The number of benzene rings is 2. The summed E-state index contributed by atoms with van der Waals surface area (Å²) in [6, 6.07) is 11.2. The van der Waals surface area contributed by atoms with Gasteiger partial charge in [0.1, 0.15) is 11.6 Å². The highest BCUT2D eigenvalue weighted by molar-refractivity contribution is 14.0. The number of aromatic amines is 1. The zero-order valence-corrected chi connectivity index (χ0v) is 17.4. The first kappa shape index (κ1) is 21.1. The zero-order valence-electron chi connectivity index (χ0n) is 15.1. The normalized spacial score (nSPS) is 11.3. The van der Waals surface area contributed by atoms with Crippen LogP contribution in [0.1, 0.15) is 11.1 Å². The van der Waals surface area contributed by atoms with Crippen molar-refractivity contribution in [2.75, 3.05) is 20.1 Å². The Balaban J connectivity index is 0.00000261. The molecule has 144 valence electrons. The van der Waals surface area contributed by atoms with E-state index in [0.29, 0.717) is 19.0 Å². The molecule has 7 heteroatoms. The van der Waals surface area contributed by atoms with Gasteiger partial charge >= 0.3 is 0 Å². The summed E-state index contributed by atoms with van der Waals surface area (Å²) in [7, 11) is 1.72. The summed E-state index contributed by atoms with van der Waals surface area (Å²) in [5.74, 6) is 0.249. The lowest BCUT2D eigenvalue weighted by atomic mass is 10.1. The molecule has 0 aliphatic heterocycles. The Morgan fingerprint density at radius 1 is 0.963 bits per heavy atom. The van der Waals surface area contributed by atoms with Crippen LogP contribution >= 0.6 is 24.0 Å². The predicted molar refractivity (Wildman–Crippen MR) is 117 cm³/mol. The van der Waals surface area contributed by atoms with E-state index < -0.39 is 0 Å². The van der Waals surface area contributed by atoms with Gasteiger partial charge in [-0.25, -0.2) is 8.78 Å². The van der Waals surface area contributed by atoms with Crippen LogP contribution in [0.4, 0.5) is 8.78 Å². The largest absolute Gasteiger partial charge is 0.361 e. The van der Waals surface area contributed by atoms with E-state index in [9.17, 15) is 8.78 Å². The van der Waals surface area contributed by atoms with Gasteiger partial charge in [-0.15, -0.1) is 24.0 Å². The van der Waals surface area contributed by atoms with E-state index >= 15 is 0 Å². The van der Waals surface area contributed by atoms with Crippen LogP contribution in [0.5, 0.6) is 0 Å². The van der Waals surface area contributed by atoms with Gasteiger partial charge in [-0.2, -0.15) is 0 Å². The molecular weight excluding hydrogens is 461 g/mol. The van der Waals surface area contributed by atoms with E-state index in [1.807, 2.05) is 6.20 Å². The second kappa shape index (κ2) is 10.2. The van der Waals surface area contributed by atoms with Crippen molar-refractivity contribution in [3.8, 4) is 0 Å². The molecule has 0 bridgehead atoms. The van der Waals surface area contributed by atoms with Gasteiger partial charge in [0.05, 0.1) is 0 Å². The average Bonchev–Trinajstić information content (AvgIpc) is 3.04. The van der Waals surface area contributed by atoms with Crippen LogP contribution in [0.3, 0.4) is 0 Å². The zero-order chi connectivity index (χ0) is 18.4. The molecule has 0 saturated carbocycles. The standard InChI is InChI=1S/C20H22F2N4.HI/c1-23-20(24-10-8-14-2-4-16(21)5-3-14)25-11-9-15-13-26-19-7-6-17(22)12-18(15)19;/h2-7,12-13,26H,8-11H2,1H3,(H2,23,24,25);1H. The molecule has 2 aromatic carbocycles. The topological polar surface area (TPSA) is 52.2 Å².